The van der Waals surface area contributed by atoms with Gasteiger partial charge >= 0.3 is 0 Å². The number of hydrogen-bond donors (Lipinski definition) is 1. The first kappa shape index (κ1) is 11.3. The van der Waals surface area contributed by atoms with Crippen LogP contribution in [-0.4, -0.2) is 19.3 Å². The predicted molar refractivity (Wildman–Crippen MR) is 44.8 cm³/mol. The van der Waals surface area contributed by atoms with Crippen LogP contribution in [0.25, 0.3) is 0 Å². The molecular weight excluding hydrogens is 180 g/mol. The highest BCUT2D eigenvalue weighted by atomic mass is 32.2. The standard InChI is InChI=1S/C7H11O4S/c1-6(2)3-7(4-8)5-12(9,10)11/h5-6H,3H2,1-2H3,(H,9,10,11). The van der Waals surface area contributed by atoms with Gasteiger partial charge in [0, 0.05) is 5.57 Å². The Morgan fingerprint density at radius 1 is 1.58 bits per heavy atom. The van der Waals surface area contributed by atoms with Crippen molar-refractivity contribution in [2.24, 2.45) is 5.92 Å². The lowest BCUT2D eigenvalue weighted by Crippen LogP contribution is -1.98. The zero-order valence-electron chi connectivity index (χ0n) is 6.94. The van der Waals surface area contributed by atoms with Crippen LogP contribution in [0.1, 0.15) is 20.3 Å². The second-order valence-electron chi connectivity index (χ2n) is 2.86. The van der Waals surface area contributed by atoms with E-state index in [1.807, 2.05) is 13.8 Å². The number of allylic oxidation sites excluding steroid dienone is 1. The van der Waals surface area contributed by atoms with Crippen molar-refractivity contribution >= 4 is 16.4 Å². The quantitative estimate of drug-likeness (QED) is 0.529. The predicted octanol–water partition coefficient (Wildman–Crippen LogP) is 0.914. The molecule has 0 saturated carbocycles. The van der Waals surface area contributed by atoms with Crippen molar-refractivity contribution in [3.63, 3.8) is 0 Å². The highest BCUT2D eigenvalue weighted by Gasteiger charge is 2.06. The van der Waals surface area contributed by atoms with Crippen LogP contribution in [0, 0.1) is 5.92 Å². The summed E-state index contributed by atoms with van der Waals surface area (Å²) in [5, 5.41) is 0.528. The molecule has 0 aliphatic heterocycles. The maximum absolute atomic E-state index is 10.3. The highest BCUT2D eigenvalue weighted by molar-refractivity contribution is 7.88. The molecule has 5 heteroatoms. The lowest BCUT2D eigenvalue weighted by atomic mass is 10.1. The van der Waals surface area contributed by atoms with Crippen molar-refractivity contribution in [2.75, 3.05) is 0 Å². The first-order valence-corrected chi connectivity index (χ1v) is 4.91. The molecule has 0 rings (SSSR count). The van der Waals surface area contributed by atoms with Gasteiger partial charge in [0.05, 0.1) is 5.41 Å². The maximum Gasteiger partial charge on any atom is 0.288 e. The molecule has 0 unspecified atom stereocenters. The third kappa shape index (κ3) is 6.06. The van der Waals surface area contributed by atoms with Gasteiger partial charge < -0.3 is 0 Å². The van der Waals surface area contributed by atoms with Crippen LogP contribution in [0.5, 0.6) is 0 Å². The second kappa shape index (κ2) is 4.37. The van der Waals surface area contributed by atoms with Crippen LogP contribution in [-0.2, 0) is 14.9 Å². The van der Waals surface area contributed by atoms with E-state index in [1.54, 1.807) is 0 Å². The van der Waals surface area contributed by atoms with E-state index in [4.69, 9.17) is 4.55 Å². The molecule has 1 radical (unpaired) electrons. The normalized spacial score (nSPS) is 13.5. The van der Waals surface area contributed by atoms with E-state index in [0.29, 0.717) is 11.8 Å². The minimum absolute atomic E-state index is 0.0347. The van der Waals surface area contributed by atoms with Crippen molar-refractivity contribution in [3.8, 4) is 0 Å². The molecule has 4 nitrogen and oxygen atoms in total. The molecule has 0 aromatic carbocycles. The fourth-order valence-electron chi connectivity index (χ4n) is 0.733. The molecule has 0 aliphatic carbocycles. The first-order valence-electron chi connectivity index (χ1n) is 3.41. The molecule has 0 atom stereocenters. The van der Waals surface area contributed by atoms with Crippen molar-refractivity contribution in [1.29, 1.82) is 0 Å². The molecule has 1 N–H and O–H groups in total. The Morgan fingerprint density at radius 2 is 2.08 bits per heavy atom. The van der Waals surface area contributed by atoms with Crippen LogP contribution in [0.3, 0.4) is 0 Å². The Morgan fingerprint density at radius 3 is 2.33 bits per heavy atom. The molecule has 0 amide bonds. The summed E-state index contributed by atoms with van der Waals surface area (Å²) in [4.78, 5) is 10.1. The third-order valence-electron chi connectivity index (χ3n) is 1.05. The molecule has 0 saturated heterocycles. The van der Waals surface area contributed by atoms with Gasteiger partial charge in [-0.05, 0) is 12.3 Å². The average molecular weight is 191 g/mol. The van der Waals surface area contributed by atoms with Crippen molar-refractivity contribution < 1.29 is 17.8 Å². The van der Waals surface area contributed by atoms with E-state index in [0.717, 1.165) is 0 Å². The molecule has 12 heavy (non-hydrogen) atoms. The fraction of sp³-hybridized carbons (Fsp3) is 0.571. The number of carbonyl (C=O) groups excluding carboxylic acids is 1. The van der Waals surface area contributed by atoms with Gasteiger partial charge in [0.1, 0.15) is 0 Å². The van der Waals surface area contributed by atoms with Crippen LogP contribution in [0.2, 0.25) is 0 Å². The second-order valence-corrected chi connectivity index (χ2v) is 4.12. The van der Waals surface area contributed by atoms with Gasteiger partial charge in [-0.2, -0.15) is 8.42 Å². The molecule has 0 spiro atoms. The van der Waals surface area contributed by atoms with E-state index >= 15 is 0 Å². The molecular formula is C7H11O4S. The van der Waals surface area contributed by atoms with E-state index in [1.165, 1.54) is 6.29 Å². The first-order chi connectivity index (χ1) is 5.35. The molecule has 69 valence electrons. The van der Waals surface area contributed by atoms with Gasteiger partial charge in [0.25, 0.3) is 10.1 Å². The SMILES string of the molecule is CC(C)CC([C]=O)=CS(=O)(=O)O. The summed E-state index contributed by atoms with van der Waals surface area (Å²) in [6.45, 7) is 3.66. The minimum Gasteiger partial charge on any atom is -0.285 e. The van der Waals surface area contributed by atoms with Crippen LogP contribution < -0.4 is 0 Å². The van der Waals surface area contributed by atoms with Crippen molar-refractivity contribution in [1.82, 2.24) is 0 Å². The summed E-state index contributed by atoms with van der Waals surface area (Å²) in [5.74, 6) is 0.152. The Balaban J connectivity index is 4.57. The lowest BCUT2D eigenvalue weighted by molar-refractivity contribution is 0.493. The van der Waals surface area contributed by atoms with Crippen LogP contribution in [0.15, 0.2) is 11.0 Å². The Labute approximate surface area is 72.0 Å². The Bertz CT molecular complexity index is 274. The summed E-state index contributed by atoms with van der Waals surface area (Å²) < 4.78 is 28.9. The zero-order valence-corrected chi connectivity index (χ0v) is 7.76. The summed E-state index contributed by atoms with van der Waals surface area (Å²) in [6.07, 6.45) is 1.76. The molecule has 0 fully saturated rings. The van der Waals surface area contributed by atoms with Crippen molar-refractivity contribution in [3.05, 3.63) is 11.0 Å². The zero-order chi connectivity index (χ0) is 9.78. The molecule has 0 aliphatic rings. The average Bonchev–Trinajstić information content (AvgIpc) is 1.82. The lowest BCUT2D eigenvalue weighted by Gasteiger charge is -2.00. The fourth-order valence-corrected chi connectivity index (χ4v) is 1.24. The summed E-state index contributed by atoms with van der Waals surface area (Å²) >= 11 is 0. The largest absolute Gasteiger partial charge is 0.288 e. The highest BCUT2D eigenvalue weighted by Crippen LogP contribution is 2.09. The smallest absolute Gasteiger partial charge is 0.285 e. The summed E-state index contributed by atoms with van der Waals surface area (Å²) in [5.41, 5.74) is -0.0347. The molecule has 0 aromatic heterocycles. The number of hydrogen-bond acceptors (Lipinski definition) is 3. The van der Waals surface area contributed by atoms with Crippen LogP contribution in [0.4, 0.5) is 0 Å². The third-order valence-corrected chi connectivity index (χ3v) is 1.63. The Kier molecular flexibility index (Phi) is 4.12. The van der Waals surface area contributed by atoms with Crippen molar-refractivity contribution in [2.45, 2.75) is 20.3 Å². The molecule has 0 heterocycles. The Hall–Kier alpha value is -0.680. The van der Waals surface area contributed by atoms with Gasteiger partial charge in [0.15, 0.2) is 0 Å². The molecule has 0 bridgehead atoms. The van der Waals surface area contributed by atoms with Gasteiger partial charge in [-0.1, -0.05) is 13.8 Å². The monoisotopic (exact) mass is 191 g/mol. The van der Waals surface area contributed by atoms with E-state index < -0.39 is 10.1 Å². The number of rotatable bonds is 4. The summed E-state index contributed by atoms with van der Waals surface area (Å²) in [7, 11) is -4.21. The van der Waals surface area contributed by atoms with Gasteiger partial charge in [0.2, 0.25) is 6.29 Å². The van der Waals surface area contributed by atoms with Gasteiger partial charge in [-0.15, -0.1) is 0 Å². The van der Waals surface area contributed by atoms with Gasteiger partial charge in [-0.3, -0.25) is 9.35 Å². The van der Waals surface area contributed by atoms with Gasteiger partial charge in [-0.25, -0.2) is 0 Å². The minimum atomic E-state index is -4.21. The summed E-state index contributed by atoms with van der Waals surface area (Å²) in [6, 6.07) is 0. The topological polar surface area (TPSA) is 71.4 Å². The van der Waals surface area contributed by atoms with E-state index in [2.05, 4.69) is 0 Å². The van der Waals surface area contributed by atoms with E-state index in [-0.39, 0.29) is 11.5 Å². The maximum atomic E-state index is 10.3. The molecule has 0 aromatic rings. The van der Waals surface area contributed by atoms with Crippen LogP contribution >= 0.6 is 0 Å². The van der Waals surface area contributed by atoms with E-state index in [9.17, 15) is 13.2 Å².